The largest absolute Gasteiger partial charge is 0.490 e. The second kappa shape index (κ2) is 9.99. The molecule has 1 aliphatic rings. The molecule has 2 aromatic carbocycles. The van der Waals surface area contributed by atoms with Gasteiger partial charge in [-0.2, -0.15) is 0 Å². The zero-order valence-electron chi connectivity index (χ0n) is 18.1. The van der Waals surface area contributed by atoms with E-state index in [1.807, 2.05) is 6.92 Å². The molecule has 0 spiro atoms. The van der Waals surface area contributed by atoms with E-state index in [2.05, 4.69) is 5.32 Å². The van der Waals surface area contributed by atoms with E-state index in [1.54, 1.807) is 17.0 Å². The van der Waals surface area contributed by atoms with Gasteiger partial charge in [-0.25, -0.2) is 4.39 Å². The lowest BCUT2D eigenvalue weighted by molar-refractivity contribution is -0.141. The van der Waals surface area contributed by atoms with E-state index >= 15 is 0 Å². The Kier molecular flexibility index (Phi) is 7.35. The lowest BCUT2D eigenvalue weighted by Gasteiger charge is -2.37. The molecular formula is C23H25ClFN3O4. The predicted octanol–water partition coefficient (Wildman–Crippen LogP) is 3.44. The van der Waals surface area contributed by atoms with Gasteiger partial charge in [0.1, 0.15) is 17.7 Å². The van der Waals surface area contributed by atoms with Crippen molar-refractivity contribution < 1.29 is 23.5 Å². The maximum Gasteiger partial charge on any atom is 0.313 e. The number of rotatable bonds is 4. The van der Waals surface area contributed by atoms with Crippen molar-refractivity contribution in [2.75, 3.05) is 32.5 Å². The summed E-state index contributed by atoms with van der Waals surface area (Å²) in [6, 6.07) is 10.4. The second-order valence-corrected chi connectivity index (χ2v) is 8.38. The number of ether oxygens (including phenoxy) is 1. The first-order valence-corrected chi connectivity index (χ1v) is 10.6. The van der Waals surface area contributed by atoms with Gasteiger partial charge in [-0.1, -0.05) is 18.5 Å². The smallest absolute Gasteiger partial charge is 0.313 e. The Hall–Kier alpha value is -3.13. The third-order valence-electron chi connectivity index (χ3n) is 5.27. The van der Waals surface area contributed by atoms with Crippen molar-refractivity contribution in [2.24, 2.45) is 5.92 Å². The number of carbonyl (C=O) groups excluding carboxylic acids is 3. The third-order valence-corrected chi connectivity index (χ3v) is 5.60. The fourth-order valence-corrected chi connectivity index (χ4v) is 3.69. The molecule has 2 aromatic rings. The number of anilines is 1. The van der Waals surface area contributed by atoms with Gasteiger partial charge in [-0.15, -0.1) is 0 Å². The molecule has 1 fully saturated rings. The van der Waals surface area contributed by atoms with Crippen molar-refractivity contribution in [1.29, 1.82) is 0 Å². The standard InChI is InChI=1S/C23H25ClFN3O4/c1-14-13-28(11-10-20(14)32-17-7-4-15(25)5-8-17)22(30)18-12-16(6-9-19(18)24)26-21(29)23(31)27(2)3/h4-9,12,14,20H,10-11,13H2,1-3H3,(H,26,29)/t14-,20+/m1/s1. The van der Waals surface area contributed by atoms with E-state index in [0.717, 1.165) is 4.90 Å². The van der Waals surface area contributed by atoms with E-state index in [-0.39, 0.29) is 34.3 Å². The summed E-state index contributed by atoms with van der Waals surface area (Å²) in [5.41, 5.74) is 0.549. The van der Waals surface area contributed by atoms with Crippen LogP contribution in [-0.2, 0) is 9.59 Å². The van der Waals surface area contributed by atoms with Gasteiger partial charge < -0.3 is 19.9 Å². The first-order chi connectivity index (χ1) is 15.2. The molecule has 0 aromatic heterocycles. The van der Waals surface area contributed by atoms with Crippen LogP contribution in [0.2, 0.25) is 5.02 Å². The van der Waals surface area contributed by atoms with Crippen LogP contribution < -0.4 is 10.1 Å². The Labute approximate surface area is 191 Å². The van der Waals surface area contributed by atoms with Crippen molar-refractivity contribution in [1.82, 2.24) is 9.80 Å². The number of hydrogen-bond acceptors (Lipinski definition) is 4. The summed E-state index contributed by atoms with van der Waals surface area (Å²) in [4.78, 5) is 39.8. The predicted molar refractivity (Wildman–Crippen MR) is 119 cm³/mol. The molecule has 0 bridgehead atoms. The Balaban J connectivity index is 1.66. The monoisotopic (exact) mass is 461 g/mol. The van der Waals surface area contributed by atoms with Crippen molar-refractivity contribution in [2.45, 2.75) is 19.4 Å². The van der Waals surface area contributed by atoms with Gasteiger partial charge in [0.05, 0.1) is 10.6 Å². The lowest BCUT2D eigenvalue weighted by atomic mass is 9.95. The minimum atomic E-state index is -0.803. The van der Waals surface area contributed by atoms with Gasteiger partial charge >= 0.3 is 11.8 Å². The second-order valence-electron chi connectivity index (χ2n) is 7.98. The number of amides is 3. The number of piperidine rings is 1. The SMILES string of the molecule is C[C@@H]1CN(C(=O)c2cc(NC(=O)C(=O)N(C)C)ccc2Cl)CC[C@@H]1Oc1ccc(F)cc1. The Morgan fingerprint density at radius 2 is 1.84 bits per heavy atom. The summed E-state index contributed by atoms with van der Waals surface area (Å²) < 4.78 is 19.1. The highest BCUT2D eigenvalue weighted by Gasteiger charge is 2.31. The van der Waals surface area contributed by atoms with Crippen LogP contribution in [0.15, 0.2) is 42.5 Å². The van der Waals surface area contributed by atoms with E-state index < -0.39 is 11.8 Å². The number of nitrogens with one attached hydrogen (secondary N) is 1. The van der Waals surface area contributed by atoms with Crippen molar-refractivity contribution >= 4 is 35.0 Å². The summed E-state index contributed by atoms with van der Waals surface area (Å²) in [6.07, 6.45) is 0.498. The summed E-state index contributed by atoms with van der Waals surface area (Å²) in [5.74, 6) is -1.48. The number of nitrogens with zero attached hydrogens (tertiary/aromatic N) is 2. The van der Waals surface area contributed by atoms with Crippen molar-refractivity contribution in [3.8, 4) is 5.75 Å². The highest BCUT2D eigenvalue weighted by atomic mass is 35.5. The number of benzene rings is 2. The molecule has 3 amide bonds. The molecule has 1 saturated heterocycles. The van der Waals surface area contributed by atoms with Gasteiger partial charge in [0, 0.05) is 45.2 Å². The maximum atomic E-state index is 13.1. The molecule has 0 radical (unpaired) electrons. The van der Waals surface area contributed by atoms with Crippen LogP contribution in [0.1, 0.15) is 23.7 Å². The van der Waals surface area contributed by atoms with Gasteiger partial charge in [0.15, 0.2) is 0 Å². The van der Waals surface area contributed by atoms with Crippen LogP contribution in [0.4, 0.5) is 10.1 Å². The van der Waals surface area contributed by atoms with E-state index in [9.17, 15) is 18.8 Å². The molecule has 1 N–H and O–H groups in total. The zero-order chi connectivity index (χ0) is 23.4. The Bertz CT molecular complexity index is 1010. The quantitative estimate of drug-likeness (QED) is 0.707. The molecule has 3 rings (SSSR count). The third kappa shape index (κ3) is 5.56. The fourth-order valence-electron chi connectivity index (χ4n) is 3.50. The van der Waals surface area contributed by atoms with E-state index in [1.165, 1.54) is 44.4 Å². The van der Waals surface area contributed by atoms with Crippen LogP contribution in [0.5, 0.6) is 5.75 Å². The lowest BCUT2D eigenvalue weighted by Crippen LogP contribution is -2.47. The van der Waals surface area contributed by atoms with Crippen LogP contribution in [0, 0.1) is 11.7 Å². The van der Waals surface area contributed by atoms with Gasteiger partial charge in [-0.3, -0.25) is 14.4 Å². The highest BCUT2D eigenvalue weighted by molar-refractivity contribution is 6.39. The molecule has 1 heterocycles. The minimum absolute atomic E-state index is 0.0390. The molecule has 9 heteroatoms. The Morgan fingerprint density at radius 1 is 1.16 bits per heavy atom. The van der Waals surface area contributed by atoms with Gasteiger partial charge in [-0.05, 0) is 42.5 Å². The molecule has 7 nitrogen and oxygen atoms in total. The average Bonchev–Trinajstić information content (AvgIpc) is 2.76. The molecule has 2 atom stereocenters. The van der Waals surface area contributed by atoms with Crippen LogP contribution in [0.25, 0.3) is 0 Å². The maximum absolute atomic E-state index is 13.1. The van der Waals surface area contributed by atoms with Gasteiger partial charge in [0.25, 0.3) is 5.91 Å². The first-order valence-electron chi connectivity index (χ1n) is 10.2. The molecular weight excluding hydrogens is 437 g/mol. The molecule has 0 saturated carbocycles. The fraction of sp³-hybridized carbons (Fsp3) is 0.348. The number of likely N-dealkylation sites (N-methyl/N-ethyl adjacent to an activating group) is 1. The average molecular weight is 462 g/mol. The highest BCUT2D eigenvalue weighted by Crippen LogP contribution is 2.27. The molecule has 170 valence electrons. The van der Waals surface area contributed by atoms with Crippen LogP contribution in [0.3, 0.4) is 0 Å². The molecule has 1 aliphatic heterocycles. The minimum Gasteiger partial charge on any atom is -0.490 e. The molecule has 0 unspecified atom stereocenters. The number of halogens is 2. The number of carbonyl (C=O) groups is 3. The summed E-state index contributed by atoms with van der Waals surface area (Å²) in [7, 11) is 2.95. The molecule has 32 heavy (non-hydrogen) atoms. The van der Waals surface area contributed by atoms with Crippen LogP contribution in [-0.4, -0.2) is 60.8 Å². The van der Waals surface area contributed by atoms with Gasteiger partial charge in [0.2, 0.25) is 0 Å². The van der Waals surface area contributed by atoms with Crippen molar-refractivity contribution in [3.63, 3.8) is 0 Å². The summed E-state index contributed by atoms with van der Waals surface area (Å²) in [6.45, 7) is 2.90. The first kappa shape index (κ1) is 23.5. The number of hydrogen-bond donors (Lipinski definition) is 1. The summed E-state index contributed by atoms with van der Waals surface area (Å²) in [5, 5.41) is 2.74. The van der Waals surface area contributed by atoms with E-state index in [0.29, 0.717) is 30.9 Å². The topological polar surface area (TPSA) is 79.0 Å². The molecule has 0 aliphatic carbocycles. The van der Waals surface area contributed by atoms with E-state index in [4.69, 9.17) is 16.3 Å². The number of likely N-dealkylation sites (tertiary alicyclic amines) is 1. The summed E-state index contributed by atoms with van der Waals surface area (Å²) >= 11 is 6.25. The van der Waals surface area contributed by atoms with Crippen LogP contribution >= 0.6 is 11.6 Å². The normalized spacial score (nSPS) is 18.1. The zero-order valence-corrected chi connectivity index (χ0v) is 18.9. The van der Waals surface area contributed by atoms with Crippen molar-refractivity contribution in [3.05, 3.63) is 58.9 Å². The Morgan fingerprint density at radius 3 is 2.47 bits per heavy atom.